The van der Waals surface area contributed by atoms with Gasteiger partial charge in [-0.2, -0.15) is 0 Å². The molecule has 63 heavy (non-hydrogen) atoms. The normalized spacial score (nSPS) is 11.8. The Balaban J connectivity index is 0.979. The van der Waals surface area contributed by atoms with Crippen molar-refractivity contribution in [1.29, 1.82) is 0 Å². The van der Waals surface area contributed by atoms with Gasteiger partial charge in [0.2, 0.25) is 0 Å². The quantitative estimate of drug-likeness (QED) is 0.168. The number of aromatic nitrogens is 4. The standard InChI is InChI=1S/C58H36N4O/c1-4-16-37(17-5-1)49-36-50(60-58(59-49)38-18-6-2-7-19-38)46-26-14-24-44-45-25-15-29-55(57(45)63-56(44)46)62-52-28-13-11-23-43(52)48-35-40(31-33-54(48)62)39-30-32-53-47(34-39)42-22-10-12-27-51(42)61(53)41-20-8-3-9-21-41/h1-36H. The third kappa shape index (κ3) is 5.57. The first-order chi connectivity index (χ1) is 31.2. The lowest BCUT2D eigenvalue weighted by molar-refractivity contribution is 0.667. The van der Waals surface area contributed by atoms with Gasteiger partial charge in [-0.15, -0.1) is 0 Å². The molecule has 13 rings (SSSR count). The third-order valence-corrected chi connectivity index (χ3v) is 12.5. The van der Waals surface area contributed by atoms with Crippen LogP contribution in [-0.4, -0.2) is 19.1 Å². The monoisotopic (exact) mass is 804 g/mol. The van der Waals surface area contributed by atoms with E-state index in [-0.39, 0.29) is 0 Å². The maximum atomic E-state index is 7.10. The first-order valence-electron chi connectivity index (χ1n) is 21.3. The van der Waals surface area contributed by atoms with Gasteiger partial charge < -0.3 is 13.6 Å². The molecule has 0 unspecified atom stereocenters. The summed E-state index contributed by atoms with van der Waals surface area (Å²) in [6.07, 6.45) is 0. The second kappa shape index (κ2) is 14.0. The second-order valence-corrected chi connectivity index (χ2v) is 16.1. The van der Waals surface area contributed by atoms with E-state index in [1.807, 2.05) is 36.4 Å². The van der Waals surface area contributed by atoms with E-state index in [9.17, 15) is 0 Å². The van der Waals surface area contributed by atoms with E-state index in [1.54, 1.807) is 0 Å². The number of para-hydroxylation sites is 5. The Labute approximate surface area is 362 Å². The van der Waals surface area contributed by atoms with E-state index in [0.29, 0.717) is 5.82 Å². The van der Waals surface area contributed by atoms with Crippen LogP contribution in [0.5, 0.6) is 0 Å². The number of benzene rings is 9. The van der Waals surface area contributed by atoms with Crippen LogP contribution >= 0.6 is 0 Å². The van der Waals surface area contributed by atoms with E-state index < -0.39 is 0 Å². The van der Waals surface area contributed by atoms with Crippen LogP contribution in [0.2, 0.25) is 0 Å². The molecule has 0 aliphatic heterocycles. The molecule has 0 saturated carbocycles. The van der Waals surface area contributed by atoms with Crippen LogP contribution in [0, 0.1) is 0 Å². The maximum Gasteiger partial charge on any atom is 0.160 e. The number of nitrogens with zero attached hydrogens (tertiary/aromatic N) is 4. The van der Waals surface area contributed by atoms with Gasteiger partial charge in [-0.05, 0) is 77.9 Å². The lowest BCUT2D eigenvalue weighted by Gasteiger charge is -2.10. The molecule has 4 aromatic heterocycles. The van der Waals surface area contributed by atoms with Crippen LogP contribution in [0.25, 0.3) is 122 Å². The largest absolute Gasteiger partial charge is 0.453 e. The lowest BCUT2D eigenvalue weighted by atomic mass is 10.0. The van der Waals surface area contributed by atoms with Crippen molar-refractivity contribution in [3.8, 4) is 56.4 Å². The Morgan fingerprint density at radius 3 is 1.51 bits per heavy atom. The first kappa shape index (κ1) is 35.2. The summed E-state index contributed by atoms with van der Waals surface area (Å²) in [7, 11) is 0. The summed E-state index contributed by atoms with van der Waals surface area (Å²) in [5.41, 5.74) is 15.3. The Morgan fingerprint density at radius 2 is 0.825 bits per heavy atom. The van der Waals surface area contributed by atoms with Crippen molar-refractivity contribution in [2.24, 2.45) is 0 Å². The van der Waals surface area contributed by atoms with Crippen molar-refractivity contribution in [3.05, 3.63) is 218 Å². The van der Waals surface area contributed by atoms with Crippen molar-refractivity contribution in [2.45, 2.75) is 0 Å². The van der Waals surface area contributed by atoms with Crippen LogP contribution < -0.4 is 0 Å². The fourth-order valence-electron chi connectivity index (χ4n) is 9.66. The van der Waals surface area contributed by atoms with Gasteiger partial charge in [0, 0.05) is 54.7 Å². The molecular formula is C58H36N4O. The van der Waals surface area contributed by atoms with Gasteiger partial charge in [0.05, 0.1) is 39.1 Å². The molecule has 0 spiro atoms. The van der Waals surface area contributed by atoms with Gasteiger partial charge >= 0.3 is 0 Å². The molecule has 5 heteroatoms. The van der Waals surface area contributed by atoms with Gasteiger partial charge in [0.1, 0.15) is 5.58 Å². The highest BCUT2D eigenvalue weighted by molar-refractivity contribution is 6.15. The molecule has 0 N–H and O–H groups in total. The maximum absolute atomic E-state index is 7.10. The molecule has 0 aliphatic carbocycles. The van der Waals surface area contributed by atoms with Gasteiger partial charge in [-0.25, -0.2) is 9.97 Å². The summed E-state index contributed by atoms with van der Waals surface area (Å²) in [6, 6.07) is 77.2. The number of hydrogen-bond acceptors (Lipinski definition) is 3. The Kier molecular flexibility index (Phi) is 7.84. The van der Waals surface area contributed by atoms with E-state index in [2.05, 4.69) is 191 Å². The average Bonchev–Trinajstić information content (AvgIpc) is 4.02. The molecule has 0 fully saturated rings. The predicted molar refractivity (Wildman–Crippen MR) is 260 cm³/mol. The van der Waals surface area contributed by atoms with Crippen LogP contribution in [0.1, 0.15) is 0 Å². The van der Waals surface area contributed by atoms with Crippen molar-refractivity contribution in [3.63, 3.8) is 0 Å². The number of rotatable bonds is 6. The molecule has 0 bridgehead atoms. The fraction of sp³-hybridized carbons (Fsp3) is 0. The Hall–Kier alpha value is -8.54. The fourth-order valence-corrected chi connectivity index (χ4v) is 9.66. The molecule has 5 nitrogen and oxygen atoms in total. The molecule has 0 atom stereocenters. The van der Waals surface area contributed by atoms with E-state index in [0.717, 1.165) is 72.4 Å². The lowest BCUT2D eigenvalue weighted by Crippen LogP contribution is -1.96. The van der Waals surface area contributed by atoms with E-state index >= 15 is 0 Å². The van der Waals surface area contributed by atoms with Crippen molar-refractivity contribution in [1.82, 2.24) is 19.1 Å². The molecule has 294 valence electrons. The summed E-state index contributed by atoms with van der Waals surface area (Å²) >= 11 is 0. The Bertz CT molecular complexity index is 3840. The molecule has 0 amide bonds. The third-order valence-electron chi connectivity index (χ3n) is 12.5. The summed E-state index contributed by atoms with van der Waals surface area (Å²) < 4.78 is 11.8. The van der Waals surface area contributed by atoms with Crippen molar-refractivity contribution < 1.29 is 4.42 Å². The number of fused-ring (bicyclic) bond motifs is 9. The zero-order valence-corrected chi connectivity index (χ0v) is 34.0. The smallest absolute Gasteiger partial charge is 0.160 e. The second-order valence-electron chi connectivity index (χ2n) is 16.1. The topological polar surface area (TPSA) is 48.8 Å². The summed E-state index contributed by atoms with van der Waals surface area (Å²) in [6.45, 7) is 0. The van der Waals surface area contributed by atoms with Crippen molar-refractivity contribution >= 4 is 65.6 Å². The zero-order chi connectivity index (χ0) is 41.4. The summed E-state index contributed by atoms with van der Waals surface area (Å²) in [5, 5.41) is 6.94. The molecule has 4 heterocycles. The molecular weight excluding hydrogens is 769 g/mol. The highest BCUT2D eigenvalue weighted by atomic mass is 16.3. The van der Waals surface area contributed by atoms with E-state index in [4.69, 9.17) is 14.4 Å². The van der Waals surface area contributed by atoms with Gasteiger partial charge in [0.25, 0.3) is 0 Å². The highest BCUT2D eigenvalue weighted by Crippen LogP contribution is 2.43. The van der Waals surface area contributed by atoms with Crippen LogP contribution in [0.3, 0.4) is 0 Å². The minimum Gasteiger partial charge on any atom is -0.453 e. The van der Waals surface area contributed by atoms with Crippen LogP contribution in [0.4, 0.5) is 0 Å². The van der Waals surface area contributed by atoms with E-state index in [1.165, 1.54) is 43.7 Å². The number of hydrogen-bond donors (Lipinski definition) is 0. The van der Waals surface area contributed by atoms with Crippen LogP contribution in [0.15, 0.2) is 223 Å². The summed E-state index contributed by atoms with van der Waals surface area (Å²) in [5.74, 6) is 0.671. The molecule has 0 radical (unpaired) electrons. The first-order valence-corrected chi connectivity index (χ1v) is 21.3. The van der Waals surface area contributed by atoms with Gasteiger partial charge in [-0.3, -0.25) is 0 Å². The minimum absolute atomic E-state index is 0.671. The van der Waals surface area contributed by atoms with Crippen LogP contribution in [-0.2, 0) is 0 Å². The Morgan fingerprint density at radius 1 is 0.317 bits per heavy atom. The summed E-state index contributed by atoms with van der Waals surface area (Å²) in [4.78, 5) is 10.2. The predicted octanol–water partition coefficient (Wildman–Crippen LogP) is 15.2. The van der Waals surface area contributed by atoms with Crippen molar-refractivity contribution in [2.75, 3.05) is 0 Å². The molecule has 0 aliphatic rings. The average molecular weight is 805 g/mol. The SMILES string of the molecule is c1ccc(-c2cc(-c3cccc4c3oc3c(-n5c6ccccc6c6cc(-c7ccc8c(c7)c7ccccc7n8-c7ccccc7)ccc65)cccc34)nc(-c3ccccc3)n2)cc1. The highest BCUT2D eigenvalue weighted by Gasteiger charge is 2.21. The number of furan rings is 1. The molecule has 0 saturated heterocycles. The van der Waals surface area contributed by atoms with Gasteiger partial charge in [0.15, 0.2) is 11.4 Å². The minimum atomic E-state index is 0.671. The molecule has 13 aromatic rings. The zero-order valence-electron chi connectivity index (χ0n) is 34.0. The molecule has 9 aromatic carbocycles. The van der Waals surface area contributed by atoms with Gasteiger partial charge in [-0.1, -0.05) is 152 Å².